The Kier molecular flexibility index (Phi) is 2.61. The summed E-state index contributed by atoms with van der Waals surface area (Å²) in [6.45, 7) is 2.56. The Morgan fingerprint density at radius 1 is 1.31 bits per heavy atom. The number of nitrogens with two attached hydrogens (primary N) is 1. The molecule has 1 saturated carbocycles. The average Bonchev–Trinajstić information content (AvgIpc) is 2.81. The molecular formula is C11H22N2. The van der Waals surface area contributed by atoms with Gasteiger partial charge in [-0.1, -0.05) is 0 Å². The van der Waals surface area contributed by atoms with Crippen LogP contribution in [0.5, 0.6) is 0 Å². The third-order valence-electron chi connectivity index (χ3n) is 3.66. The lowest BCUT2D eigenvalue weighted by atomic mass is 9.92. The van der Waals surface area contributed by atoms with Crippen LogP contribution in [0.3, 0.4) is 0 Å². The molecule has 13 heavy (non-hydrogen) atoms. The summed E-state index contributed by atoms with van der Waals surface area (Å²) in [6, 6.07) is 0. The molecule has 2 aliphatic rings. The standard InChI is InChI=1S/C11H22N2/c1-13-7-2-3-10(4-8-13)9-11(12)5-6-11/h10H,2-9,12H2,1H3. The van der Waals surface area contributed by atoms with Gasteiger partial charge in [-0.05, 0) is 64.6 Å². The van der Waals surface area contributed by atoms with Gasteiger partial charge in [-0.25, -0.2) is 0 Å². The zero-order chi connectivity index (χ0) is 9.31. The zero-order valence-corrected chi connectivity index (χ0v) is 8.76. The van der Waals surface area contributed by atoms with Crippen molar-refractivity contribution in [2.75, 3.05) is 20.1 Å². The summed E-state index contributed by atoms with van der Waals surface area (Å²) in [5.41, 5.74) is 6.42. The average molecular weight is 182 g/mol. The third-order valence-corrected chi connectivity index (χ3v) is 3.66. The Balaban J connectivity index is 1.78. The van der Waals surface area contributed by atoms with E-state index in [9.17, 15) is 0 Å². The van der Waals surface area contributed by atoms with E-state index in [1.54, 1.807) is 0 Å². The minimum atomic E-state index is 0.271. The van der Waals surface area contributed by atoms with Gasteiger partial charge < -0.3 is 10.6 Å². The van der Waals surface area contributed by atoms with Crippen LogP contribution in [0, 0.1) is 5.92 Å². The summed E-state index contributed by atoms with van der Waals surface area (Å²) in [7, 11) is 2.23. The number of hydrogen-bond acceptors (Lipinski definition) is 2. The van der Waals surface area contributed by atoms with Crippen molar-refractivity contribution in [3.63, 3.8) is 0 Å². The lowest BCUT2D eigenvalue weighted by Crippen LogP contribution is -2.26. The summed E-state index contributed by atoms with van der Waals surface area (Å²) >= 11 is 0. The van der Waals surface area contributed by atoms with E-state index in [0.717, 1.165) is 5.92 Å². The summed E-state index contributed by atoms with van der Waals surface area (Å²) in [6.07, 6.45) is 8.00. The minimum absolute atomic E-state index is 0.271. The largest absolute Gasteiger partial charge is 0.325 e. The molecule has 2 fully saturated rings. The van der Waals surface area contributed by atoms with E-state index in [4.69, 9.17) is 5.73 Å². The van der Waals surface area contributed by atoms with E-state index in [1.807, 2.05) is 0 Å². The second kappa shape index (κ2) is 3.58. The van der Waals surface area contributed by atoms with Crippen molar-refractivity contribution in [3.05, 3.63) is 0 Å². The van der Waals surface area contributed by atoms with Gasteiger partial charge >= 0.3 is 0 Å². The smallest absolute Gasteiger partial charge is 0.0158 e. The monoisotopic (exact) mass is 182 g/mol. The lowest BCUT2D eigenvalue weighted by Gasteiger charge is -2.18. The van der Waals surface area contributed by atoms with Crippen LogP contribution in [-0.2, 0) is 0 Å². The Hall–Kier alpha value is -0.0800. The lowest BCUT2D eigenvalue weighted by molar-refractivity contribution is 0.331. The maximum Gasteiger partial charge on any atom is 0.0158 e. The van der Waals surface area contributed by atoms with Gasteiger partial charge in [0.2, 0.25) is 0 Å². The van der Waals surface area contributed by atoms with E-state index in [1.165, 1.54) is 51.6 Å². The summed E-state index contributed by atoms with van der Waals surface area (Å²) in [5.74, 6) is 0.914. The summed E-state index contributed by atoms with van der Waals surface area (Å²) < 4.78 is 0. The van der Waals surface area contributed by atoms with Gasteiger partial charge in [-0.15, -0.1) is 0 Å². The van der Waals surface area contributed by atoms with Crippen LogP contribution < -0.4 is 5.73 Å². The first-order chi connectivity index (χ1) is 6.18. The van der Waals surface area contributed by atoms with Gasteiger partial charge in [-0.3, -0.25) is 0 Å². The molecule has 0 aromatic heterocycles. The molecule has 0 aromatic carbocycles. The van der Waals surface area contributed by atoms with Gasteiger partial charge in [0.05, 0.1) is 0 Å². The second-order valence-electron chi connectivity index (χ2n) is 5.17. The van der Waals surface area contributed by atoms with Gasteiger partial charge in [0.1, 0.15) is 0 Å². The van der Waals surface area contributed by atoms with E-state index < -0.39 is 0 Å². The van der Waals surface area contributed by atoms with Crippen LogP contribution in [0.1, 0.15) is 38.5 Å². The fourth-order valence-corrected chi connectivity index (χ4v) is 2.45. The van der Waals surface area contributed by atoms with Crippen molar-refractivity contribution in [1.29, 1.82) is 0 Å². The molecule has 2 N–H and O–H groups in total. The molecule has 0 amide bonds. The molecule has 1 saturated heterocycles. The van der Waals surface area contributed by atoms with Crippen LogP contribution in [0.25, 0.3) is 0 Å². The van der Waals surface area contributed by atoms with Crippen LogP contribution in [0.4, 0.5) is 0 Å². The maximum atomic E-state index is 6.15. The molecule has 0 spiro atoms. The summed E-state index contributed by atoms with van der Waals surface area (Å²) in [4.78, 5) is 2.45. The first-order valence-corrected chi connectivity index (χ1v) is 5.65. The zero-order valence-electron chi connectivity index (χ0n) is 8.76. The Labute approximate surface area is 81.5 Å². The highest BCUT2D eigenvalue weighted by Crippen LogP contribution is 2.40. The number of rotatable bonds is 2. The molecule has 76 valence electrons. The molecule has 1 aliphatic carbocycles. The predicted octanol–water partition coefficient (Wildman–Crippen LogP) is 1.60. The molecule has 1 heterocycles. The number of hydrogen-bond donors (Lipinski definition) is 1. The molecule has 0 aromatic rings. The Morgan fingerprint density at radius 3 is 2.77 bits per heavy atom. The highest BCUT2D eigenvalue weighted by Gasteiger charge is 2.39. The van der Waals surface area contributed by atoms with Crippen molar-refractivity contribution in [3.8, 4) is 0 Å². The van der Waals surface area contributed by atoms with E-state index in [0.29, 0.717) is 0 Å². The van der Waals surface area contributed by atoms with Crippen LogP contribution in [-0.4, -0.2) is 30.6 Å². The minimum Gasteiger partial charge on any atom is -0.325 e. The molecule has 1 atom stereocenters. The molecule has 2 heteroatoms. The highest BCUT2D eigenvalue weighted by atomic mass is 15.1. The second-order valence-corrected chi connectivity index (χ2v) is 5.17. The molecule has 1 aliphatic heterocycles. The van der Waals surface area contributed by atoms with Gasteiger partial charge in [-0.2, -0.15) is 0 Å². The number of likely N-dealkylation sites (tertiary alicyclic amines) is 1. The van der Waals surface area contributed by atoms with E-state index in [-0.39, 0.29) is 5.54 Å². The highest BCUT2D eigenvalue weighted by molar-refractivity contribution is 5.00. The Morgan fingerprint density at radius 2 is 2.08 bits per heavy atom. The topological polar surface area (TPSA) is 29.3 Å². The SMILES string of the molecule is CN1CCCC(CC2(N)CC2)CC1. The quantitative estimate of drug-likeness (QED) is 0.703. The molecule has 1 unspecified atom stereocenters. The first kappa shape index (κ1) is 9.47. The molecule has 0 bridgehead atoms. The van der Waals surface area contributed by atoms with Gasteiger partial charge in [0, 0.05) is 5.54 Å². The van der Waals surface area contributed by atoms with E-state index in [2.05, 4.69) is 11.9 Å². The van der Waals surface area contributed by atoms with Gasteiger partial charge in [0.15, 0.2) is 0 Å². The van der Waals surface area contributed by atoms with Crippen molar-refractivity contribution in [2.45, 2.75) is 44.1 Å². The fraction of sp³-hybridized carbons (Fsp3) is 1.00. The van der Waals surface area contributed by atoms with E-state index >= 15 is 0 Å². The predicted molar refractivity (Wildman–Crippen MR) is 55.6 cm³/mol. The first-order valence-electron chi connectivity index (χ1n) is 5.65. The fourth-order valence-electron chi connectivity index (χ4n) is 2.45. The van der Waals surface area contributed by atoms with Crippen LogP contribution in [0.2, 0.25) is 0 Å². The third kappa shape index (κ3) is 2.68. The van der Waals surface area contributed by atoms with Crippen molar-refractivity contribution in [1.82, 2.24) is 4.90 Å². The maximum absolute atomic E-state index is 6.15. The van der Waals surface area contributed by atoms with Crippen LogP contribution >= 0.6 is 0 Å². The molecule has 2 nitrogen and oxygen atoms in total. The molecular weight excluding hydrogens is 160 g/mol. The number of nitrogens with zero attached hydrogens (tertiary/aromatic N) is 1. The van der Waals surface area contributed by atoms with Crippen LogP contribution in [0.15, 0.2) is 0 Å². The Bertz CT molecular complexity index is 175. The van der Waals surface area contributed by atoms with Crippen molar-refractivity contribution < 1.29 is 0 Å². The normalized spacial score (nSPS) is 34.2. The molecule has 0 radical (unpaired) electrons. The summed E-state index contributed by atoms with van der Waals surface area (Å²) in [5, 5.41) is 0. The van der Waals surface area contributed by atoms with Crippen molar-refractivity contribution >= 4 is 0 Å². The van der Waals surface area contributed by atoms with Crippen molar-refractivity contribution in [2.24, 2.45) is 11.7 Å². The van der Waals surface area contributed by atoms with Gasteiger partial charge in [0.25, 0.3) is 0 Å². The molecule has 2 rings (SSSR count).